The van der Waals surface area contributed by atoms with Crippen LogP contribution in [0.5, 0.6) is 0 Å². The van der Waals surface area contributed by atoms with Crippen LogP contribution in [0.25, 0.3) is 10.9 Å². The van der Waals surface area contributed by atoms with Crippen LogP contribution in [-0.4, -0.2) is 42.6 Å². The highest BCUT2D eigenvalue weighted by Crippen LogP contribution is 2.15. The van der Waals surface area contributed by atoms with Crippen LogP contribution in [0.15, 0.2) is 30.3 Å². The SMILES string of the molecule is c1ccc2[nH]c(CCCN3CCNCC3)cc2c1. The maximum atomic E-state index is 3.50. The number of rotatable bonds is 4. The molecule has 1 aliphatic heterocycles. The monoisotopic (exact) mass is 243 g/mol. The summed E-state index contributed by atoms with van der Waals surface area (Å²) in [6.45, 7) is 5.91. The minimum atomic E-state index is 1.15. The first kappa shape index (κ1) is 11.8. The lowest BCUT2D eigenvalue weighted by Crippen LogP contribution is -2.43. The van der Waals surface area contributed by atoms with Crippen molar-refractivity contribution in [2.45, 2.75) is 12.8 Å². The average Bonchev–Trinajstić information content (AvgIpc) is 2.82. The fraction of sp³-hybridized carbons (Fsp3) is 0.467. The zero-order valence-corrected chi connectivity index (χ0v) is 10.8. The van der Waals surface area contributed by atoms with Gasteiger partial charge in [-0.1, -0.05) is 18.2 Å². The normalized spacial score (nSPS) is 17.3. The van der Waals surface area contributed by atoms with Crippen LogP contribution in [0, 0.1) is 0 Å². The smallest absolute Gasteiger partial charge is 0.0456 e. The molecule has 2 heterocycles. The summed E-state index contributed by atoms with van der Waals surface area (Å²) in [6.07, 6.45) is 2.39. The predicted octanol–water partition coefficient (Wildman–Crippen LogP) is 2.01. The summed E-state index contributed by atoms with van der Waals surface area (Å²) in [7, 11) is 0. The molecule has 0 amide bonds. The molecule has 0 saturated carbocycles. The van der Waals surface area contributed by atoms with Gasteiger partial charge in [-0.25, -0.2) is 0 Å². The molecule has 1 fully saturated rings. The molecule has 96 valence electrons. The van der Waals surface area contributed by atoms with Crippen molar-refractivity contribution in [3.63, 3.8) is 0 Å². The van der Waals surface area contributed by atoms with Crippen molar-refractivity contribution in [3.8, 4) is 0 Å². The summed E-state index contributed by atoms with van der Waals surface area (Å²) >= 11 is 0. The second-order valence-corrected chi connectivity index (χ2v) is 5.08. The summed E-state index contributed by atoms with van der Waals surface area (Å²) in [6, 6.07) is 10.8. The third-order valence-electron chi connectivity index (χ3n) is 3.72. The standard InChI is InChI=1S/C15H21N3/c1-2-6-15-13(4-1)12-14(17-15)5-3-9-18-10-7-16-8-11-18/h1-2,4,6,12,16-17H,3,5,7-11H2. The predicted molar refractivity (Wildman–Crippen MR) is 75.9 cm³/mol. The number of piperazine rings is 1. The Morgan fingerprint density at radius 2 is 1.94 bits per heavy atom. The Kier molecular flexibility index (Phi) is 3.62. The zero-order chi connectivity index (χ0) is 12.2. The van der Waals surface area contributed by atoms with E-state index in [9.17, 15) is 0 Å². The summed E-state index contributed by atoms with van der Waals surface area (Å²) in [4.78, 5) is 6.06. The highest BCUT2D eigenvalue weighted by Gasteiger charge is 2.08. The Morgan fingerprint density at radius 1 is 1.11 bits per heavy atom. The van der Waals surface area contributed by atoms with E-state index in [1.807, 2.05) is 0 Å². The van der Waals surface area contributed by atoms with Crippen molar-refractivity contribution >= 4 is 10.9 Å². The van der Waals surface area contributed by atoms with Gasteiger partial charge in [0.25, 0.3) is 0 Å². The van der Waals surface area contributed by atoms with Gasteiger partial charge >= 0.3 is 0 Å². The number of benzene rings is 1. The van der Waals surface area contributed by atoms with Gasteiger partial charge in [0.15, 0.2) is 0 Å². The van der Waals surface area contributed by atoms with Gasteiger partial charge in [0.05, 0.1) is 0 Å². The number of aromatic amines is 1. The van der Waals surface area contributed by atoms with Gasteiger partial charge < -0.3 is 15.2 Å². The lowest BCUT2D eigenvalue weighted by molar-refractivity contribution is 0.238. The number of H-pyrrole nitrogens is 1. The molecule has 2 aromatic rings. The molecular formula is C15H21N3. The Balaban J connectivity index is 1.53. The van der Waals surface area contributed by atoms with Crippen LogP contribution < -0.4 is 5.32 Å². The molecule has 1 aromatic heterocycles. The number of hydrogen-bond donors (Lipinski definition) is 2. The fourth-order valence-electron chi connectivity index (χ4n) is 2.70. The van der Waals surface area contributed by atoms with Crippen molar-refractivity contribution < 1.29 is 0 Å². The second-order valence-electron chi connectivity index (χ2n) is 5.08. The molecule has 3 heteroatoms. The van der Waals surface area contributed by atoms with Gasteiger partial charge in [-0.15, -0.1) is 0 Å². The topological polar surface area (TPSA) is 31.1 Å². The minimum Gasteiger partial charge on any atom is -0.358 e. The number of nitrogens with zero attached hydrogens (tertiary/aromatic N) is 1. The lowest BCUT2D eigenvalue weighted by Gasteiger charge is -2.26. The van der Waals surface area contributed by atoms with E-state index in [1.54, 1.807) is 0 Å². The molecule has 0 bridgehead atoms. The average molecular weight is 243 g/mol. The van der Waals surface area contributed by atoms with Crippen LogP contribution in [0.2, 0.25) is 0 Å². The van der Waals surface area contributed by atoms with Gasteiger partial charge in [0.1, 0.15) is 0 Å². The van der Waals surface area contributed by atoms with Crippen LogP contribution in [0.4, 0.5) is 0 Å². The van der Waals surface area contributed by atoms with Crippen LogP contribution in [0.1, 0.15) is 12.1 Å². The quantitative estimate of drug-likeness (QED) is 0.860. The molecule has 0 atom stereocenters. The first-order chi connectivity index (χ1) is 8.92. The first-order valence-corrected chi connectivity index (χ1v) is 6.91. The fourth-order valence-corrected chi connectivity index (χ4v) is 2.70. The zero-order valence-electron chi connectivity index (χ0n) is 10.8. The van der Waals surface area contributed by atoms with E-state index in [1.165, 1.54) is 42.7 Å². The number of para-hydroxylation sites is 1. The maximum Gasteiger partial charge on any atom is 0.0456 e. The van der Waals surface area contributed by atoms with E-state index >= 15 is 0 Å². The molecule has 2 N–H and O–H groups in total. The van der Waals surface area contributed by atoms with Crippen molar-refractivity contribution in [2.75, 3.05) is 32.7 Å². The molecule has 0 aliphatic carbocycles. The molecule has 0 spiro atoms. The summed E-state index contributed by atoms with van der Waals surface area (Å²) in [5.74, 6) is 0. The molecule has 18 heavy (non-hydrogen) atoms. The van der Waals surface area contributed by atoms with Gasteiger partial charge in [-0.05, 0) is 36.9 Å². The van der Waals surface area contributed by atoms with E-state index in [0.29, 0.717) is 0 Å². The maximum absolute atomic E-state index is 3.50. The molecule has 1 aliphatic rings. The molecule has 3 nitrogen and oxygen atoms in total. The number of aromatic nitrogens is 1. The molecule has 0 unspecified atom stereocenters. The second kappa shape index (κ2) is 5.55. The van der Waals surface area contributed by atoms with Crippen molar-refractivity contribution in [1.29, 1.82) is 0 Å². The van der Waals surface area contributed by atoms with Crippen molar-refractivity contribution in [1.82, 2.24) is 15.2 Å². The Hall–Kier alpha value is -1.32. The number of aryl methyl sites for hydroxylation is 1. The summed E-state index contributed by atoms with van der Waals surface area (Å²) < 4.78 is 0. The van der Waals surface area contributed by atoms with E-state index < -0.39 is 0 Å². The summed E-state index contributed by atoms with van der Waals surface area (Å²) in [5, 5.41) is 4.72. The van der Waals surface area contributed by atoms with Gasteiger partial charge in [-0.3, -0.25) is 0 Å². The summed E-state index contributed by atoms with van der Waals surface area (Å²) in [5.41, 5.74) is 2.63. The van der Waals surface area contributed by atoms with Gasteiger partial charge in [0.2, 0.25) is 0 Å². The van der Waals surface area contributed by atoms with Crippen LogP contribution >= 0.6 is 0 Å². The Bertz CT molecular complexity index is 464. The Morgan fingerprint density at radius 3 is 2.78 bits per heavy atom. The number of hydrogen-bond acceptors (Lipinski definition) is 2. The van der Waals surface area contributed by atoms with E-state index in [4.69, 9.17) is 0 Å². The molecule has 0 radical (unpaired) electrons. The van der Waals surface area contributed by atoms with Gasteiger partial charge in [-0.2, -0.15) is 0 Å². The van der Waals surface area contributed by atoms with E-state index in [0.717, 1.165) is 19.5 Å². The third kappa shape index (κ3) is 2.74. The largest absolute Gasteiger partial charge is 0.358 e. The van der Waals surface area contributed by atoms with E-state index in [2.05, 4.69) is 45.5 Å². The minimum absolute atomic E-state index is 1.15. The Labute approximate surface area is 108 Å². The van der Waals surface area contributed by atoms with Crippen molar-refractivity contribution in [3.05, 3.63) is 36.0 Å². The van der Waals surface area contributed by atoms with Crippen LogP contribution in [0.3, 0.4) is 0 Å². The third-order valence-corrected chi connectivity index (χ3v) is 3.72. The van der Waals surface area contributed by atoms with E-state index in [-0.39, 0.29) is 0 Å². The molecular weight excluding hydrogens is 222 g/mol. The van der Waals surface area contributed by atoms with Crippen LogP contribution in [-0.2, 0) is 6.42 Å². The highest BCUT2D eigenvalue weighted by molar-refractivity contribution is 5.80. The number of nitrogens with one attached hydrogen (secondary N) is 2. The van der Waals surface area contributed by atoms with Gasteiger partial charge in [0, 0.05) is 37.4 Å². The van der Waals surface area contributed by atoms with Crippen molar-refractivity contribution in [2.24, 2.45) is 0 Å². The lowest BCUT2D eigenvalue weighted by atomic mass is 10.2. The number of fused-ring (bicyclic) bond motifs is 1. The molecule has 1 aromatic carbocycles. The molecule has 3 rings (SSSR count). The highest BCUT2D eigenvalue weighted by atomic mass is 15.2. The first-order valence-electron chi connectivity index (χ1n) is 6.91. The molecule has 1 saturated heterocycles.